The number of amides is 1. The average molecular weight is 262 g/mol. The van der Waals surface area contributed by atoms with Gasteiger partial charge in [-0.25, -0.2) is 0 Å². The highest BCUT2D eigenvalue weighted by Crippen LogP contribution is 2.23. The molecule has 0 bridgehead atoms. The van der Waals surface area contributed by atoms with Gasteiger partial charge in [-0.05, 0) is 31.4 Å². The molecule has 0 radical (unpaired) electrons. The highest BCUT2D eigenvalue weighted by molar-refractivity contribution is 5.79. The van der Waals surface area contributed by atoms with Crippen molar-refractivity contribution < 1.29 is 9.53 Å². The molecule has 1 aliphatic carbocycles. The van der Waals surface area contributed by atoms with Crippen molar-refractivity contribution in [1.29, 1.82) is 0 Å². The Bertz CT molecular complexity index is 394. The van der Waals surface area contributed by atoms with Crippen molar-refractivity contribution in [3.63, 3.8) is 0 Å². The molecule has 1 amide bonds. The quantitative estimate of drug-likeness (QED) is 0.767. The molecule has 0 saturated heterocycles. The highest BCUT2D eigenvalue weighted by Gasteiger charge is 2.29. The molecular weight excluding hydrogens is 240 g/mol. The van der Waals surface area contributed by atoms with Crippen LogP contribution < -0.4 is 15.8 Å². The van der Waals surface area contributed by atoms with Crippen LogP contribution in [0.15, 0.2) is 30.3 Å². The van der Waals surface area contributed by atoms with Gasteiger partial charge in [-0.2, -0.15) is 0 Å². The minimum absolute atomic E-state index is 0.00930. The molecule has 4 heteroatoms. The van der Waals surface area contributed by atoms with E-state index in [1.165, 1.54) is 0 Å². The van der Waals surface area contributed by atoms with Gasteiger partial charge in [-0.15, -0.1) is 0 Å². The lowest BCUT2D eigenvalue weighted by Gasteiger charge is -2.15. The van der Waals surface area contributed by atoms with Crippen LogP contribution in [0.4, 0.5) is 0 Å². The topological polar surface area (TPSA) is 64.4 Å². The molecular formula is C15H22N2O2. The van der Waals surface area contributed by atoms with Crippen LogP contribution in [-0.4, -0.2) is 25.1 Å². The molecule has 0 heterocycles. The number of rotatable bonds is 6. The van der Waals surface area contributed by atoms with Gasteiger partial charge in [0.15, 0.2) is 0 Å². The summed E-state index contributed by atoms with van der Waals surface area (Å²) >= 11 is 0. The van der Waals surface area contributed by atoms with E-state index in [2.05, 4.69) is 5.32 Å². The molecule has 0 aliphatic heterocycles. The van der Waals surface area contributed by atoms with Crippen molar-refractivity contribution in [2.45, 2.75) is 31.7 Å². The summed E-state index contributed by atoms with van der Waals surface area (Å²) in [5.41, 5.74) is 5.90. The Morgan fingerprint density at radius 3 is 2.79 bits per heavy atom. The number of nitrogens with one attached hydrogen (secondary N) is 1. The molecule has 19 heavy (non-hydrogen) atoms. The van der Waals surface area contributed by atoms with Gasteiger partial charge in [0.1, 0.15) is 5.75 Å². The molecule has 1 fully saturated rings. The summed E-state index contributed by atoms with van der Waals surface area (Å²) in [6.07, 6.45) is 3.77. The molecule has 0 spiro atoms. The van der Waals surface area contributed by atoms with Crippen molar-refractivity contribution in [2.75, 3.05) is 13.2 Å². The van der Waals surface area contributed by atoms with Crippen LogP contribution in [0, 0.1) is 5.92 Å². The second-order valence-corrected chi connectivity index (χ2v) is 5.01. The minimum atomic E-state index is 0.00930. The normalized spacial score (nSPS) is 22.2. The fraction of sp³-hybridized carbons (Fsp3) is 0.533. The zero-order chi connectivity index (χ0) is 13.5. The molecule has 0 aromatic heterocycles. The number of carbonyl (C=O) groups excluding carboxylic acids is 1. The molecule has 2 rings (SSSR count). The number of nitrogens with two attached hydrogens (primary N) is 1. The Balaban J connectivity index is 1.58. The number of ether oxygens (including phenoxy) is 1. The maximum absolute atomic E-state index is 11.9. The maximum Gasteiger partial charge on any atom is 0.224 e. The van der Waals surface area contributed by atoms with Crippen LogP contribution in [-0.2, 0) is 4.79 Å². The summed E-state index contributed by atoms with van der Waals surface area (Å²) in [5.74, 6) is 0.978. The minimum Gasteiger partial charge on any atom is -0.494 e. The van der Waals surface area contributed by atoms with E-state index in [1.54, 1.807) is 0 Å². The first-order valence-corrected chi connectivity index (χ1v) is 6.98. The standard InChI is InChI=1S/C15H22N2O2/c16-14-9-4-8-13(14)15(18)17-10-5-11-19-12-6-2-1-3-7-12/h1-3,6-7,13-14H,4-5,8-11,16H2,(H,17,18). The van der Waals surface area contributed by atoms with E-state index < -0.39 is 0 Å². The predicted octanol–water partition coefficient (Wildman–Crippen LogP) is 1.70. The van der Waals surface area contributed by atoms with Gasteiger partial charge in [0.05, 0.1) is 12.5 Å². The third-order valence-electron chi connectivity index (χ3n) is 3.54. The van der Waals surface area contributed by atoms with E-state index >= 15 is 0 Å². The van der Waals surface area contributed by atoms with E-state index in [4.69, 9.17) is 10.5 Å². The Labute approximate surface area is 114 Å². The van der Waals surface area contributed by atoms with Crippen molar-refractivity contribution in [3.8, 4) is 5.75 Å². The van der Waals surface area contributed by atoms with Gasteiger partial charge in [-0.1, -0.05) is 24.6 Å². The lowest BCUT2D eigenvalue weighted by molar-refractivity contribution is -0.125. The molecule has 104 valence electrons. The number of hydrogen-bond donors (Lipinski definition) is 2. The highest BCUT2D eigenvalue weighted by atomic mass is 16.5. The van der Waals surface area contributed by atoms with E-state index in [1.807, 2.05) is 30.3 Å². The van der Waals surface area contributed by atoms with Crippen LogP contribution >= 0.6 is 0 Å². The summed E-state index contributed by atoms with van der Waals surface area (Å²) in [6.45, 7) is 1.26. The van der Waals surface area contributed by atoms with Gasteiger partial charge in [0.2, 0.25) is 5.91 Å². The third kappa shape index (κ3) is 4.24. The van der Waals surface area contributed by atoms with Gasteiger partial charge < -0.3 is 15.8 Å². The third-order valence-corrected chi connectivity index (χ3v) is 3.54. The van der Waals surface area contributed by atoms with Gasteiger partial charge in [-0.3, -0.25) is 4.79 Å². The Kier molecular flexibility index (Phi) is 5.21. The van der Waals surface area contributed by atoms with Gasteiger partial charge >= 0.3 is 0 Å². The van der Waals surface area contributed by atoms with Crippen molar-refractivity contribution in [2.24, 2.45) is 11.7 Å². The Morgan fingerprint density at radius 1 is 1.32 bits per heavy atom. The van der Waals surface area contributed by atoms with E-state index in [0.717, 1.165) is 31.4 Å². The summed E-state index contributed by atoms with van der Waals surface area (Å²) in [4.78, 5) is 11.9. The molecule has 1 saturated carbocycles. The first kappa shape index (κ1) is 13.9. The number of carbonyl (C=O) groups is 1. The van der Waals surface area contributed by atoms with Crippen LogP contribution in [0.25, 0.3) is 0 Å². The maximum atomic E-state index is 11.9. The fourth-order valence-corrected chi connectivity index (χ4v) is 2.44. The monoisotopic (exact) mass is 262 g/mol. The smallest absolute Gasteiger partial charge is 0.224 e. The van der Waals surface area contributed by atoms with Crippen molar-refractivity contribution in [3.05, 3.63) is 30.3 Å². The van der Waals surface area contributed by atoms with Crippen LogP contribution in [0.1, 0.15) is 25.7 Å². The molecule has 1 aliphatic rings. The SMILES string of the molecule is NC1CCCC1C(=O)NCCCOc1ccccc1. The Hall–Kier alpha value is -1.55. The van der Waals surface area contributed by atoms with Gasteiger partial charge in [0.25, 0.3) is 0 Å². The number of hydrogen-bond acceptors (Lipinski definition) is 3. The van der Waals surface area contributed by atoms with Gasteiger partial charge in [0, 0.05) is 12.6 Å². The summed E-state index contributed by atoms with van der Waals surface area (Å²) in [7, 11) is 0. The predicted molar refractivity (Wildman–Crippen MR) is 74.9 cm³/mol. The largest absolute Gasteiger partial charge is 0.494 e. The first-order valence-electron chi connectivity index (χ1n) is 6.98. The van der Waals surface area contributed by atoms with E-state index in [0.29, 0.717) is 13.2 Å². The summed E-state index contributed by atoms with van der Waals surface area (Å²) < 4.78 is 5.56. The van der Waals surface area contributed by atoms with E-state index in [9.17, 15) is 4.79 Å². The number of para-hydroxylation sites is 1. The molecule has 4 nitrogen and oxygen atoms in total. The zero-order valence-electron chi connectivity index (χ0n) is 11.2. The van der Waals surface area contributed by atoms with Crippen molar-refractivity contribution >= 4 is 5.91 Å². The van der Waals surface area contributed by atoms with Crippen LogP contribution in [0.2, 0.25) is 0 Å². The average Bonchev–Trinajstić information content (AvgIpc) is 2.86. The number of benzene rings is 1. The second-order valence-electron chi connectivity index (χ2n) is 5.01. The zero-order valence-corrected chi connectivity index (χ0v) is 11.2. The lowest BCUT2D eigenvalue weighted by Crippen LogP contribution is -2.39. The van der Waals surface area contributed by atoms with Crippen LogP contribution in [0.5, 0.6) is 5.75 Å². The second kappa shape index (κ2) is 7.14. The molecule has 1 aromatic rings. The van der Waals surface area contributed by atoms with Crippen molar-refractivity contribution in [1.82, 2.24) is 5.32 Å². The molecule has 3 N–H and O–H groups in total. The summed E-state index contributed by atoms with van der Waals surface area (Å²) in [6, 6.07) is 9.74. The van der Waals surface area contributed by atoms with Crippen LogP contribution in [0.3, 0.4) is 0 Å². The fourth-order valence-electron chi connectivity index (χ4n) is 2.44. The molecule has 2 unspecified atom stereocenters. The van der Waals surface area contributed by atoms with E-state index in [-0.39, 0.29) is 17.9 Å². The first-order chi connectivity index (χ1) is 9.27. The Morgan fingerprint density at radius 2 is 2.11 bits per heavy atom. The molecule has 2 atom stereocenters. The summed E-state index contributed by atoms with van der Waals surface area (Å²) in [5, 5.41) is 2.94. The molecule has 1 aromatic carbocycles. The lowest BCUT2D eigenvalue weighted by atomic mass is 10.0.